The molecule has 0 unspecified atom stereocenters. The lowest BCUT2D eigenvalue weighted by Crippen LogP contribution is -2.16. The van der Waals surface area contributed by atoms with E-state index in [1.54, 1.807) is 0 Å². The van der Waals surface area contributed by atoms with Gasteiger partial charge in [0.15, 0.2) is 11.5 Å². The Balaban J connectivity index is 2.18. The van der Waals surface area contributed by atoms with Gasteiger partial charge < -0.3 is 19.7 Å². The van der Waals surface area contributed by atoms with Gasteiger partial charge in [-0.1, -0.05) is 5.16 Å². The Labute approximate surface area is 106 Å². The smallest absolute Gasteiger partial charge is 0.264 e. The highest BCUT2D eigenvalue weighted by Crippen LogP contribution is 2.42. The first-order valence-corrected chi connectivity index (χ1v) is 5.59. The number of nitrogens with zero attached hydrogens (tertiary/aromatic N) is 1. The maximum absolute atomic E-state index is 12.9. The van der Waals surface area contributed by atoms with Gasteiger partial charge in [-0.25, -0.2) is 8.78 Å². The number of ether oxygens (including phenoxy) is 2. The molecule has 0 bridgehead atoms. The molecule has 1 aliphatic rings. The molecule has 3 rings (SSSR count). The number of rotatable bonds is 2. The molecular formula is C12H10F2N2O3. The predicted octanol–water partition coefficient (Wildman–Crippen LogP) is 2.63. The topological polar surface area (TPSA) is 70.5 Å². The molecule has 2 heterocycles. The van der Waals surface area contributed by atoms with Gasteiger partial charge in [-0.2, -0.15) is 0 Å². The van der Waals surface area contributed by atoms with E-state index < -0.39 is 6.43 Å². The number of nitrogens with two attached hydrogens (primary N) is 1. The van der Waals surface area contributed by atoms with Crippen LogP contribution in [-0.2, 0) is 0 Å². The second kappa shape index (κ2) is 4.42. The van der Waals surface area contributed by atoms with E-state index in [0.717, 1.165) is 0 Å². The van der Waals surface area contributed by atoms with Crippen molar-refractivity contribution in [3.63, 3.8) is 0 Å². The molecule has 1 aliphatic heterocycles. The number of aromatic nitrogens is 1. The van der Waals surface area contributed by atoms with Crippen molar-refractivity contribution in [1.82, 2.24) is 5.16 Å². The number of hydrogen-bond donors (Lipinski definition) is 1. The molecule has 100 valence electrons. The van der Waals surface area contributed by atoms with Crippen molar-refractivity contribution in [3.05, 3.63) is 23.8 Å². The lowest BCUT2D eigenvalue weighted by molar-refractivity contribution is 0.147. The van der Waals surface area contributed by atoms with E-state index in [4.69, 9.17) is 19.7 Å². The summed E-state index contributed by atoms with van der Waals surface area (Å²) >= 11 is 0. The molecule has 19 heavy (non-hydrogen) atoms. The maximum Gasteiger partial charge on any atom is 0.264 e. The van der Waals surface area contributed by atoms with Crippen LogP contribution in [0.5, 0.6) is 11.5 Å². The molecule has 1 aromatic carbocycles. The van der Waals surface area contributed by atoms with Crippen LogP contribution in [0.1, 0.15) is 12.0 Å². The Bertz CT molecular complexity index is 613. The third-order valence-corrected chi connectivity index (χ3v) is 2.72. The summed E-state index contributed by atoms with van der Waals surface area (Å²) in [4.78, 5) is 0. The van der Waals surface area contributed by atoms with E-state index in [0.29, 0.717) is 30.2 Å². The van der Waals surface area contributed by atoms with Crippen LogP contribution >= 0.6 is 0 Å². The largest absolute Gasteiger partial charge is 0.486 e. The fourth-order valence-corrected chi connectivity index (χ4v) is 1.91. The minimum Gasteiger partial charge on any atom is -0.486 e. The monoisotopic (exact) mass is 268 g/mol. The molecule has 7 heteroatoms. The van der Waals surface area contributed by atoms with Crippen LogP contribution < -0.4 is 15.2 Å². The Morgan fingerprint density at radius 1 is 1.16 bits per heavy atom. The number of fused-ring (bicyclic) bond motifs is 1. The SMILES string of the molecule is Nc1cc(-c2cc(C(F)F)cc3c2OCCO3)no1. The molecule has 5 nitrogen and oxygen atoms in total. The Morgan fingerprint density at radius 3 is 2.63 bits per heavy atom. The molecule has 0 fully saturated rings. The number of nitrogen functional groups attached to an aromatic ring is 1. The predicted molar refractivity (Wildman–Crippen MR) is 62.3 cm³/mol. The van der Waals surface area contributed by atoms with Crippen molar-refractivity contribution in [2.24, 2.45) is 0 Å². The van der Waals surface area contributed by atoms with E-state index in [1.165, 1.54) is 18.2 Å². The summed E-state index contributed by atoms with van der Waals surface area (Å²) in [6.45, 7) is 0.668. The van der Waals surface area contributed by atoms with Crippen LogP contribution in [0.3, 0.4) is 0 Å². The average Bonchev–Trinajstić information content (AvgIpc) is 2.84. The van der Waals surface area contributed by atoms with Crippen LogP contribution in [0.4, 0.5) is 14.7 Å². The molecule has 0 saturated heterocycles. The molecule has 0 saturated carbocycles. The van der Waals surface area contributed by atoms with Gasteiger partial charge in [-0.15, -0.1) is 0 Å². The van der Waals surface area contributed by atoms with E-state index >= 15 is 0 Å². The van der Waals surface area contributed by atoms with Crippen molar-refractivity contribution >= 4 is 5.88 Å². The molecule has 0 aliphatic carbocycles. The van der Waals surface area contributed by atoms with E-state index in [-0.39, 0.29) is 17.2 Å². The number of anilines is 1. The zero-order valence-corrected chi connectivity index (χ0v) is 9.73. The van der Waals surface area contributed by atoms with Gasteiger partial charge in [0.25, 0.3) is 6.43 Å². The van der Waals surface area contributed by atoms with Crippen LogP contribution in [0.15, 0.2) is 22.7 Å². The van der Waals surface area contributed by atoms with Gasteiger partial charge in [0.2, 0.25) is 5.88 Å². The molecule has 1 aromatic heterocycles. The highest BCUT2D eigenvalue weighted by Gasteiger charge is 2.23. The highest BCUT2D eigenvalue weighted by atomic mass is 19.3. The quantitative estimate of drug-likeness (QED) is 0.906. The third-order valence-electron chi connectivity index (χ3n) is 2.72. The van der Waals surface area contributed by atoms with Gasteiger partial charge >= 0.3 is 0 Å². The molecule has 0 amide bonds. The van der Waals surface area contributed by atoms with Gasteiger partial charge in [0.05, 0.1) is 5.56 Å². The lowest BCUT2D eigenvalue weighted by Gasteiger charge is -2.21. The van der Waals surface area contributed by atoms with Crippen molar-refractivity contribution < 1.29 is 22.8 Å². The second-order valence-electron chi connectivity index (χ2n) is 4.01. The van der Waals surface area contributed by atoms with Crippen LogP contribution in [0.25, 0.3) is 11.3 Å². The molecule has 2 N–H and O–H groups in total. The molecule has 0 radical (unpaired) electrons. The van der Waals surface area contributed by atoms with E-state index in [2.05, 4.69) is 5.16 Å². The molecular weight excluding hydrogens is 258 g/mol. The van der Waals surface area contributed by atoms with Crippen molar-refractivity contribution in [3.8, 4) is 22.8 Å². The summed E-state index contributed by atoms with van der Waals surface area (Å²) in [7, 11) is 0. The van der Waals surface area contributed by atoms with Crippen LogP contribution in [-0.4, -0.2) is 18.4 Å². The van der Waals surface area contributed by atoms with Gasteiger partial charge in [0, 0.05) is 11.6 Å². The fourth-order valence-electron chi connectivity index (χ4n) is 1.91. The minimum atomic E-state index is -2.61. The summed E-state index contributed by atoms with van der Waals surface area (Å²) in [5, 5.41) is 3.71. The summed E-state index contributed by atoms with van der Waals surface area (Å²) in [6.07, 6.45) is -2.61. The maximum atomic E-state index is 12.9. The Hall–Kier alpha value is -2.31. The number of alkyl halides is 2. The first-order valence-electron chi connectivity index (χ1n) is 5.59. The molecule has 0 atom stereocenters. The minimum absolute atomic E-state index is 0.0999. The second-order valence-corrected chi connectivity index (χ2v) is 4.01. The van der Waals surface area contributed by atoms with Gasteiger partial charge in [0.1, 0.15) is 18.9 Å². The first kappa shape index (κ1) is 11.8. The summed E-state index contributed by atoms with van der Waals surface area (Å²) < 4.78 is 41.3. The lowest BCUT2D eigenvalue weighted by atomic mass is 10.1. The third kappa shape index (κ3) is 2.07. The summed E-state index contributed by atoms with van der Waals surface area (Å²) in [5.74, 6) is 0.757. The Kier molecular flexibility index (Phi) is 2.73. The Morgan fingerprint density at radius 2 is 1.95 bits per heavy atom. The molecule has 0 spiro atoms. The standard InChI is InChI=1S/C12H10F2N2O3/c13-12(14)6-3-7(8-5-10(15)19-16-8)11-9(4-6)17-1-2-18-11/h3-5,12H,1-2,15H2. The van der Waals surface area contributed by atoms with Crippen molar-refractivity contribution in [1.29, 1.82) is 0 Å². The van der Waals surface area contributed by atoms with Crippen LogP contribution in [0, 0.1) is 0 Å². The highest BCUT2D eigenvalue weighted by molar-refractivity contribution is 5.73. The summed E-state index contributed by atoms with van der Waals surface area (Å²) in [5.41, 5.74) is 5.99. The van der Waals surface area contributed by atoms with Crippen molar-refractivity contribution in [2.75, 3.05) is 18.9 Å². The number of hydrogen-bond acceptors (Lipinski definition) is 5. The van der Waals surface area contributed by atoms with Gasteiger partial charge in [-0.3, -0.25) is 0 Å². The van der Waals surface area contributed by atoms with E-state index in [1.807, 2.05) is 0 Å². The van der Waals surface area contributed by atoms with Gasteiger partial charge in [-0.05, 0) is 12.1 Å². The van der Waals surface area contributed by atoms with E-state index in [9.17, 15) is 8.78 Å². The zero-order valence-electron chi connectivity index (χ0n) is 9.73. The average molecular weight is 268 g/mol. The summed E-state index contributed by atoms with van der Waals surface area (Å²) in [6, 6.07) is 4.02. The molecule has 2 aromatic rings. The van der Waals surface area contributed by atoms with Crippen LogP contribution in [0.2, 0.25) is 0 Å². The fraction of sp³-hybridized carbons (Fsp3) is 0.250. The zero-order chi connectivity index (χ0) is 13.4. The number of benzene rings is 1. The van der Waals surface area contributed by atoms with Crippen molar-refractivity contribution in [2.45, 2.75) is 6.43 Å². The number of halogens is 2. The first-order chi connectivity index (χ1) is 9.15. The normalized spacial score (nSPS) is 13.8.